The van der Waals surface area contributed by atoms with Crippen molar-refractivity contribution in [3.8, 4) is 5.75 Å². The maximum Gasteiger partial charge on any atom is 0.129 e. The van der Waals surface area contributed by atoms with Crippen molar-refractivity contribution in [3.05, 3.63) is 41.9 Å². The molecule has 3 aromatic rings. The summed E-state index contributed by atoms with van der Waals surface area (Å²) in [7, 11) is 0. The molecule has 2 aromatic heterocycles. The van der Waals surface area contributed by atoms with Crippen molar-refractivity contribution >= 4 is 10.9 Å². The lowest BCUT2D eigenvalue weighted by Crippen LogP contribution is -2.05. The fourth-order valence-electron chi connectivity index (χ4n) is 2.24. The van der Waals surface area contributed by atoms with Crippen LogP contribution < -0.4 is 4.74 Å². The molecule has 1 aromatic carbocycles. The van der Waals surface area contributed by atoms with Crippen LogP contribution >= 0.6 is 0 Å². The molecule has 20 heavy (non-hydrogen) atoms. The van der Waals surface area contributed by atoms with Crippen LogP contribution in [0.1, 0.15) is 25.2 Å². The second kappa shape index (κ2) is 5.00. The van der Waals surface area contributed by atoms with Crippen molar-refractivity contribution in [3.63, 3.8) is 0 Å². The maximum atomic E-state index is 5.84. The molecule has 5 heteroatoms. The second-order valence-corrected chi connectivity index (χ2v) is 5.10. The third kappa shape index (κ3) is 2.27. The third-order valence-electron chi connectivity index (χ3n) is 3.20. The van der Waals surface area contributed by atoms with Crippen LogP contribution in [0.25, 0.3) is 10.9 Å². The molecule has 0 amide bonds. The van der Waals surface area contributed by atoms with E-state index in [1.54, 1.807) is 0 Å². The Kier molecular flexibility index (Phi) is 3.18. The van der Waals surface area contributed by atoms with Crippen molar-refractivity contribution in [2.75, 3.05) is 0 Å². The number of hydrogen-bond donors (Lipinski definition) is 0. The molecule has 0 saturated carbocycles. The summed E-state index contributed by atoms with van der Waals surface area (Å²) in [5, 5.41) is 8.85. The number of nitrogens with zero attached hydrogens (tertiary/aromatic N) is 3. The SMILES string of the molecule is Cc1nonc1Cn1ccc2c(OC(C)C)cccc21. The Labute approximate surface area is 117 Å². The minimum Gasteiger partial charge on any atom is -0.490 e. The molecule has 0 fully saturated rings. The molecule has 0 radical (unpaired) electrons. The normalized spacial score (nSPS) is 11.4. The number of rotatable bonds is 4. The Morgan fingerprint density at radius 1 is 1.25 bits per heavy atom. The van der Waals surface area contributed by atoms with Gasteiger partial charge in [0.25, 0.3) is 0 Å². The Bertz CT molecular complexity index is 728. The van der Waals surface area contributed by atoms with Crippen LogP contribution in [0.5, 0.6) is 5.75 Å². The summed E-state index contributed by atoms with van der Waals surface area (Å²) in [5.74, 6) is 0.909. The number of ether oxygens (including phenoxy) is 1. The van der Waals surface area contributed by atoms with Crippen molar-refractivity contribution in [1.29, 1.82) is 0 Å². The zero-order valence-corrected chi connectivity index (χ0v) is 11.8. The van der Waals surface area contributed by atoms with Crippen LogP contribution in [0.2, 0.25) is 0 Å². The monoisotopic (exact) mass is 271 g/mol. The Balaban J connectivity index is 1.99. The van der Waals surface area contributed by atoms with E-state index in [0.717, 1.165) is 28.0 Å². The molecule has 0 saturated heterocycles. The molecule has 3 rings (SSSR count). The molecule has 0 bridgehead atoms. The van der Waals surface area contributed by atoms with Gasteiger partial charge in [-0.15, -0.1) is 0 Å². The molecule has 2 heterocycles. The minimum atomic E-state index is 0.158. The lowest BCUT2D eigenvalue weighted by atomic mass is 10.2. The first-order valence-corrected chi connectivity index (χ1v) is 6.67. The van der Waals surface area contributed by atoms with Crippen LogP contribution in [-0.4, -0.2) is 21.0 Å². The lowest BCUT2D eigenvalue weighted by molar-refractivity contribution is 0.245. The first kappa shape index (κ1) is 12.7. The smallest absolute Gasteiger partial charge is 0.129 e. The van der Waals surface area contributed by atoms with E-state index in [2.05, 4.69) is 27.0 Å². The van der Waals surface area contributed by atoms with Gasteiger partial charge in [-0.25, -0.2) is 4.63 Å². The molecular formula is C15H17N3O2. The van der Waals surface area contributed by atoms with Crippen LogP contribution in [0.4, 0.5) is 0 Å². The van der Waals surface area contributed by atoms with Crippen molar-refractivity contribution in [2.24, 2.45) is 0 Å². The van der Waals surface area contributed by atoms with Crippen molar-refractivity contribution < 1.29 is 9.37 Å². The van der Waals surface area contributed by atoms with Crippen LogP contribution in [0, 0.1) is 6.92 Å². The van der Waals surface area contributed by atoms with Gasteiger partial charge in [-0.2, -0.15) is 0 Å². The zero-order valence-electron chi connectivity index (χ0n) is 11.8. The number of aromatic nitrogens is 3. The summed E-state index contributed by atoms with van der Waals surface area (Å²) in [6.45, 7) is 6.59. The first-order valence-electron chi connectivity index (χ1n) is 6.67. The molecule has 0 unspecified atom stereocenters. The summed E-state index contributed by atoms with van der Waals surface area (Å²) >= 11 is 0. The summed E-state index contributed by atoms with van der Waals surface area (Å²) in [6, 6.07) is 8.14. The van der Waals surface area contributed by atoms with Crippen LogP contribution in [-0.2, 0) is 6.54 Å². The van der Waals surface area contributed by atoms with E-state index in [9.17, 15) is 0 Å². The third-order valence-corrected chi connectivity index (χ3v) is 3.20. The Morgan fingerprint density at radius 2 is 2.10 bits per heavy atom. The fourth-order valence-corrected chi connectivity index (χ4v) is 2.24. The van der Waals surface area contributed by atoms with E-state index in [1.807, 2.05) is 39.1 Å². The Hall–Kier alpha value is -2.30. The number of fused-ring (bicyclic) bond motifs is 1. The van der Waals surface area contributed by atoms with Gasteiger partial charge in [0, 0.05) is 11.6 Å². The minimum absolute atomic E-state index is 0.158. The summed E-state index contributed by atoms with van der Waals surface area (Å²) < 4.78 is 12.7. The van der Waals surface area contributed by atoms with E-state index in [4.69, 9.17) is 9.37 Å². The van der Waals surface area contributed by atoms with Gasteiger partial charge in [0.2, 0.25) is 0 Å². The van der Waals surface area contributed by atoms with Crippen LogP contribution in [0.3, 0.4) is 0 Å². The molecule has 0 aliphatic rings. The van der Waals surface area contributed by atoms with E-state index in [1.165, 1.54) is 0 Å². The van der Waals surface area contributed by atoms with Gasteiger partial charge in [-0.1, -0.05) is 16.4 Å². The van der Waals surface area contributed by atoms with E-state index < -0.39 is 0 Å². The molecule has 0 aliphatic heterocycles. The largest absolute Gasteiger partial charge is 0.490 e. The fraction of sp³-hybridized carbons (Fsp3) is 0.333. The highest BCUT2D eigenvalue weighted by Crippen LogP contribution is 2.27. The van der Waals surface area contributed by atoms with Gasteiger partial charge < -0.3 is 9.30 Å². The maximum absolute atomic E-state index is 5.84. The van der Waals surface area contributed by atoms with Crippen molar-refractivity contribution in [1.82, 2.24) is 14.9 Å². The molecule has 0 atom stereocenters. The highest BCUT2D eigenvalue weighted by Gasteiger charge is 2.11. The van der Waals surface area contributed by atoms with Gasteiger partial charge in [0.15, 0.2) is 0 Å². The predicted octanol–water partition coefficient (Wildman–Crippen LogP) is 3.17. The highest BCUT2D eigenvalue weighted by molar-refractivity contribution is 5.86. The highest BCUT2D eigenvalue weighted by atomic mass is 16.6. The van der Waals surface area contributed by atoms with Gasteiger partial charge in [-0.3, -0.25) is 0 Å². The van der Waals surface area contributed by atoms with Gasteiger partial charge in [0.1, 0.15) is 17.1 Å². The summed E-state index contributed by atoms with van der Waals surface area (Å²) in [5.41, 5.74) is 2.78. The quantitative estimate of drug-likeness (QED) is 0.731. The number of hydrogen-bond acceptors (Lipinski definition) is 4. The lowest BCUT2D eigenvalue weighted by Gasteiger charge is -2.11. The van der Waals surface area contributed by atoms with E-state index in [0.29, 0.717) is 6.54 Å². The molecule has 0 N–H and O–H groups in total. The van der Waals surface area contributed by atoms with Crippen molar-refractivity contribution in [2.45, 2.75) is 33.4 Å². The van der Waals surface area contributed by atoms with Crippen LogP contribution in [0.15, 0.2) is 35.1 Å². The number of benzene rings is 1. The number of aryl methyl sites for hydroxylation is 1. The molecule has 0 aliphatic carbocycles. The molecule has 0 spiro atoms. The topological polar surface area (TPSA) is 53.1 Å². The van der Waals surface area contributed by atoms with Gasteiger partial charge in [0.05, 0.1) is 18.2 Å². The summed E-state index contributed by atoms with van der Waals surface area (Å²) in [4.78, 5) is 0. The second-order valence-electron chi connectivity index (χ2n) is 5.10. The average Bonchev–Trinajstić information content (AvgIpc) is 2.98. The predicted molar refractivity (Wildman–Crippen MR) is 75.8 cm³/mol. The van der Waals surface area contributed by atoms with Gasteiger partial charge >= 0.3 is 0 Å². The van der Waals surface area contributed by atoms with E-state index in [-0.39, 0.29) is 6.10 Å². The van der Waals surface area contributed by atoms with E-state index >= 15 is 0 Å². The first-order chi connectivity index (χ1) is 9.65. The standard InChI is InChI=1S/C15H17N3O2/c1-10(2)19-15-6-4-5-14-12(15)7-8-18(14)9-13-11(3)16-20-17-13/h4-8,10H,9H2,1-3H3. The zero-order chi connectivity index (χ0) is 14.1. The molecular weight excluding hydrogens is 254 g/mol. The summed E-state index contributed by atoms with van der Waals surface area (Å²) in [6.07, 6.45) is 2.19. The van der Waals surface area contributed by atoms with Gasteiger partial charge in [-0.05, 0) is 39.0 Å². The average molecular weight is 271 g/mol. The molecule has 5 nitrogen and oxygen atoms in total. The molecule has 104 valence electrons. The Morgan fingerprint density at radius 3 is 2.80 bits per heavy atom.